The van der Waals surface area contributed by atoms with E-state index >= 15 is 0 Å². The van der Waals surface area contributed by atoms with E-state index in [0.717, 1.165) is 12.8 Å². The zero-order valence-corrected chi connectivity index (χ0v) is 15.0. The molecule has 1 saturated carbocycles. The van der Waals surface area contributed by atoms with Crippen molar-refractivity contribution in [2.75, 3.05) is 13.1 Å². The summed E-state index contributed by atoms with van der Waals surface area (Å²) in [5.41, 5.74) is 1.03. The Bertz CT molecular complexity index is 805. The lowest BCUT2D eigenvalue weighted by Gasteiger charge is -2.40. The molecule has 3 aliphatic heterocycles. The SMILES string of the molecule is O=C1N=C(N2CCC3(CC2)OCc2ccccc23)OC12CCC(F)(F)CC2. The summed E-state index contributed by atoms with van der Waals surface area (Å²) in [6.45, 7) is 1.95. The van der Waals surface area contributed by atoms with Gasteiger partial charge in [-0.1, -0.05) is 24.3 Å². The van der Waals surface area contributed by atoms with E-state index in [0.29, 0.717) is 25.7 Å². The highest BCUT2D eigenvalue weighted by molar-refractivity contribution is 6.01. The number of fused-ring (bicyclic) bond motifs is 2. The highest BCUT2D eigenvalue weighted by atomic mass is 19.3. The molecule has 144 valence electrons. The van der Waals surface area contributed by atoms with Gasteiger partial charge in [0, 0.05) is 38.8 Å². The van der Waals surface area contributed by atoms with Crippen molar-refractivity contribution in [2.45, 2.75) is 62.3 Å². The summed E-state index contributed by atoms with van der Waals surface area (Å²) < 4.78 is 39.0. The van der Waals surface area contributed by atoms with Crippen LogP contribution in [0.2, 0.25) is 0 Å². The van der Waals surface area contributed by atoms with Gasteiger partial charge in [0.05, 0.1) is 12.2 Å². The van der Waals surface area contributed by atoms with Crippen LogP contribution in [0.4, 0.5) is 8.78 Å². The van der Waals surface area contributed by atoms with Gasteiger partial charge in [0.25, 0.3) is 11.9 Å². The number of amides is 1. The molecule has 1 saturated heterocycles. The standard InChI is InChI=1S/C20H22F2N2O3/c21-20(22)7-5-19(6-8-20)16(25)23-17(27-19)24-11-9-18(10-12-24)15-4-2-1-3-14(15)13-26-18/h1-4H,5-13H2. The van der Waals surface area contributed by atoms with E-state index in [9.17, 15) is 13.6 Å². The Kier molecular flexibility index (Phi) is 3.63. The largest absolute Gasteiger partial charge is 0.448 e. The average Bonchev–Trinajstić information content (AvgIpc) is 3.18. The number of ether oxygens (including phenoxy) is 2. The van der Waals surface area contributed by atoms with E-state index in [1.807, 2.05) is 17.0 Å². The molecule has 27 heavy (non-hydrogen) atoms. The number of piperidine rings is 1. The summed E-state index contributed by atoms with van der Waals surface area (Å²) in [5, 5.41) is 0. The Morgan fingerprint density at radius 2 is 1.67 bits per heavy atom. The molecule has 1 aliphatic carbocycles. The Morgan fingerprint density at radius 1 is 0.963 bits per heavy atom. The zero-order valence-electron chi connectivity index (χ0n) is 15.0. The number of hydrogen-bond acceptors (Lipinski definition) is 4. The van der Waals surface area contributed by atoms with E-state index in [1.54, 1.807) is 0 Å². The van der Waals surface area contributed by atoms with Crippen LogP contribution < -0.4 is 0 Å². The minimum absolute atomic E-state index is 0.0279. The first-order valence-electron chi connectivity index (χ1n) is 9.59. The third kappa shape index (κ3) is 2.66. The highest BCUT2D eigenvalue weighted by Gasteiger charge is 2.54. The Labute approximate surface area is 156 Å². The maximum atomic E-state index is 13.5. The molecule has 2 spiro atoms. The number of carbonyl (C=O) groups excluding carboxylic acids is 1. The molecule has 3 heterocycles. The number of halogens is 2. The molecule has 0 unspecified atom stereocenters. The number of benzene rings is 1. The average molecular weight is 376 g/mol. The van der Waals surface area contributed by atoms with Gasteiger partial charge in [-0.3, -0.25) is 4.79 Å². The molecule has 5 rings (SSSR count). The number of aliphatic imine (C=N–C) groups is 1. The van der Waals surface area contributed by atoms with Crippen molar-refractivity contribution < 1.29 is 23.0 Å². The first-order chi connectivity index (χ1) is 12.9. The van der Waals surface area contributed by atoms with E-state index in [2.05, 4.69) is 17.1 Å². The predicted octanol–water partition coefficient (Wildman–Crippen LogP) is 3.37. The van der Waals surface area contributed by atoms with Gasteiger partial charge in [-0.25, -0.2) is 8.78 Å². The van der Waals surface area contributed by atoms with Crippen LogP contribution in [0.1, 0.15) is 49.7 Å². The summed E-state index contributed by atoms with van der Waals surface area (Å²) in [7, 11) is 0. The van der Waals surface area contributed by atoms with Gasteiger partial charge in [0.2, 0.25) is 5.92 Å². The molecule has 1 aromatic carbocycles. The zero-order chi connectivity index (χ0) is 18.7. The number of rotatable bonds is 0. The molecule has 5 nitrogen and oxygen atoms in total. The summed E-state index contributed by atoms with van der Waals surface area (Å²) in [5.74, 6) is -3.11. The van der Waals surface area contributed by atoms with Crippen molar-refractivity contribution in [3.05, 3.63) is 35.4 Å². The van der Waals surface area contributed by atoms with Crippen molar-refractivity contribution in [1.82, 2.24) is 4.90 Å². The lowest BCUT2D eigenvalue weighted by Crippen LogP contribution is -2.48. The third-order valence-electron chi connectivity index (χ3n) is 6.52. The van der Waals surface area contributed by atoms with Crippen LogP contribution in [0.15, 0.2) is 29.3 Å². The molecule has 0 bridgehead atoms. The van der Waals surface area contributed by atoms with Crippen molar-refractivity contribution in [3.8, 4) is 0 Å². The van der Waals surface area contributed by atoms with Crippen LogP contribution in [0.5, 0.6) is 0 Å². The van der Waals surface area contributed by atoms with Crippen LogP contribution in [0.3, 0.4) is 0 Å². The van der Waals surface area contributed by atoms with Crippen LogP contribution in [0.25, 0.3) is 0 Å². The lowest BCUT2D eigenvalue weighted by atomic mass is 9.82. The smallest absolute Gasteiger partial charge is 0.296 e. The van der Waals surface area contributed by atoms with Gasteiger partial charge in [0.1, 0.15) is 0 Å². The van der Waals surface area contributed by atoms with Gasteiger partial charge in [-0.15, -0.1) is 0 Å². The summed E-state index contributed by atoms with van der Waals surface area (Å²) in [4.78, 5) is 18.5. The van der Waals surface area contributed by atoms with Crippen molar-refractivity contribution >= 4 is 11.9 Å². The van der Waals surface area contributed by atoms with Gasteiger partial charge in [-0.05, 0) is 24.0 Å². The number of alkyl halides is 2. The maximum Gasteiger partial charge on any atom is 0.296 e. The molecule has 0 aromatic heterocycles. The quantitative estimate of drug-likeness (QED) is 0.697. The van der Waals surface area contributed by atoms with Gasteiger partial charge >= 0.3 is 0 Å². The molecule has 1 aromatic rings. The molecule has 0 N–H and O–H groups in total. The molecule has 2 fully saturated rings. The second-order valence-electron chi connectivity index (χ2n) is 8.08. The summed E-state index contributed by atoms with van der Waals surface area (Å²) in [6.07, 6.45) is 0.974. The summed E-state index contributed by atoms with van der Waals surface area (Å²) >= 11 is 0. The Balaban J connectivity index is 1.28. The van der Waals surface area contributed by atoms with Crippen LogP contribution >= 0.6 is 0 Å². The maximum absolute atomic E-state index is 13.5. The number of nitrogens with zero attached hydrogens (tertiary/aromatic N) is 2. The fraction of sp³-hybridized carbons (Fsp3) is 0.600. The molecule has 7 heteroatoms. The lowest BCUT2D eigenvalue weighted by molar-refractivity contribution is -0.143. The van der Waals surface area contributed by atoms with Crippen LogP contribution in [-0.2, 0) is 26.5 Å². The normalized spacial score (nSPS) is 27.6. The first kappa shape index (κ1) is 17.1. The second kappa shape index (κ2) is 5.74. The van der Waals surface area contributed by atoms with E-state index in [-0.39, 0.29) is 31.3 Å². The van der Waals surface area contributed by atoms with E-state index in [1.165, 1.54) is 11.1 Å². The number of amidine groups is 1. The number of hydrogen-bond donors (Lipinski definition) is 0. The van der Waals surface area contributed by atoms with Crippen molar-refractivity contribution in [2.24, 2.45) is 4.99 Å². The molecule has 0 atom stereocenters. The first-order valence-corrected chi connectivity index (χ1v) is 9.59. The Hall–Kier alpha value is -2.02. The van der Waals surface area contributed by atoms with E-state index < -0.39 is 17.4 Å². The second-order valence-corrected chi connectivity index (χ2v) is 8.08. The monoisotopic (exact) mass is 376 g/mol. The van der Waals surface area contributed by atoms with Crippen molar-refractivity contribution in [3.63, 3.8) is 0 Å². The molecule has 1 amide bonds. The minimum atomic E-state index is -2.71. The van der Waals surface area contributed by atoms with Crippen molar-refractivity contribution in [1.29, 1.82) is 0 Å². The molecular weight excluding hydrogens is 354 g/mol. The topological polar surface area (TPSA) is 51.1 Å². The van der Waals surface area contributed by atoms with Gasteiger partial charge < -0.3 is 14.4 Å². The Morgan fingerprint density at radius 3 is 2.41 bits per heavy atom. The minimum Gasteiger partial charge on any atom is -0.448 e. The highest BCUT2D eigenvalue weighted by Crippen LogP contribution is 2.46. The van der Waals surface area contributed by atoms with Gasteiger partial charge in [0.15, 0.2) is 5.60 Å². The van der Waals surface area contributed by atoms with Gasteiger partial charge in [-0.2, -0.15) is 4.99 Å². The molecular formula is C20H22F2N2O3. The fourth-order valence-corrected chi connectivity index (χ4v) is 4.76. The third-order valence-corrected chi connectivity index (χ3v) is 6.52. The van der Waals surface area contributed by atoms with E-state index in [4.69, 9.17) is 9.47 Å². The summed E-state index contributed by atoms with van der Waals surface area (Å²) in [6, 6.07) is 8.58. The van der Waals surface area contributed by atoms with Crippen LogP contribution in [-0.4, -0.2) is 41.4 Å². The predicted molar refractivity (Wildman–Crippen MR) is 93.4 cm³/mol. The van der Waals surface area contributed by atoms with Crippen LogP contribution in [0, 0.1) is 0 Å². The molecule has 4 aliphatic rings. The number of carbonyl (C=O) groups is 1. The number of likely N-dealkylation sites (tertiary alicyclic amines) is 1. The molecule has 0 radical (unpaired) electrons. The fourth-order valence-electron chi connectivity index (χ4n) is 4.76.